The minimum absolute atomic E-state index is 0.264. The Morgan fingerprint density at radius 3 is 2.38 bits per heavy atom. The average Bonchev–Trinajstić information content (AvgIpc) is 3.04. The SMILES string of the molecule is O=Cc1ccc(-c2ccc(NC(=O)c3ccc(Cl)cc3Cl)cc2)o1. The van der Waals surface area contributed by atoms with E-state index in [1.807, 2.05) is 0 Å². The molecular formula is C18H11Cl2NO3. The third kappa shape index (κ3) is 3.50. The second-order valence-corrected chi connectivity index (χ2v) is 5.82. The van der Waals surface area contributed by atoms with Crippen molar-refractivity contribution in [3.63, 3.8) is 0 Å². The summed E-state index contributed by atoms with van der Waals surface area (Å²) in [4.78, 5) is 22.9. The summed E-state index contributed by atoms with van der Waals surface area (Å²) in [7, 11) is 0. The fourth-order valence-corrected chi connectivity index (χ4v) is 2.66. The van der Waals surface area contributed by atoms with E-state index in [0.29, 0.717) is 28.3 Å². The summed E-state index contributed by atoms with van der Waals surface area (Å²) in [6.45, 7) is 0. The second kappa shape index (κ2) is 6.91. The van der Waals surface area contributed by atoms with Crippen LogP contribution in [0.3, 0.4) is 0 Å². The maximum absolute atomic E-state index is 12.2. The number of anilines is 1. The minimum atomic E-state index is -0.328. The van der Waals surface area contributed by atoms with Crippen LogP contribution in [0.1, 0.15) is 20.9 Å². The van der Waals surface area contributed by atoms with E-state index in [4.69, 9.17) is 27.6 Å². The maximum Gasteiger partial charge on any atom is 0.257 e. The number of benzene rings is 2. The molecule has 24 heavy (non-hydrogen) atoms. The van der Waals surface area contributed by atoms with Crippen LogP contribution >= 0.6 is 23.2 Å². The van der Waals surface area contributed by atoms with Gasteiger partial charge >= 0.3 is 0 Å². The van der Waals surface area contributed by atoms with Gasteiger partial charge in [-0.2, -0.15) is 0 Å². The molecule has 4 nitrogen and oxygen atoms in total. The molecule has 0 unspecified atom stereocenters. The fraction of sp³-hybridized carbons (Fsp3) is 0. The number of furan rings is 1. The van der Waals surface area contributed by atoms with Gasteiger partial charge in [-0.1, -0.05) is 23.2 Å². The highest BCUT2D eigenvalue weighted by Crippen LogP contribution is 2.25. The van der Waals surface area contributed by atoms with Gasteiger partial charge < -0.3 is 9.73 Å². The van der Waals surface area contributed by atoms with Gasteiger partial charge in [-0.3, -0.25) is 9.59 Å². The maximum atomic E-state index is 12.2. The molecule has 0 fully saturated rings. The van der Waals surface area contributed by atoms with E-state index in [1.54, 1.807) is 48.5 Å². The number of carbonyl (C=O) groups is 2. The molecule has 0 aliphatic heterocycles. The van der Waals surface area contributed by atoms with Crippen LogP contribution < -0.4 is 5.32 Å². The molecule has 0 aliphatic rings. The smallest absolute Gasteiger partial charge is 0.257 e. The normalized spacial score (nSPS) is 10.4. The van der Waals surface area contributed by atoms with Crippen LogP contribution in [-0.4, -0.2) is 12.2 Å². The van der Waals surface area contributed by atoms with Crippen LogP contribution in [0.4, 0.5) is 5.69 Å². The number of rotatable bonds is 4. The van der Waals surface area contributed by atoms with Crippen LogP contribution in [0.2, 0.25) is 10.0 Å². The average molecular weight is 360 g/mol. The first-order valence-corrected chi connectivity index (χ1v) is 7.74. The Hall–Kier alpha value is -2.56. The van der Waals surface area contributed by atoms with Crippen molar-refractivity contribution < 1.29 is 14.0 Å². The Kier molecular flexibility index (Phi) is 4.69. The Morgan fingerprint density at radius 2 is 1.75 bits per heavy atom. The lowest BCUT2D eigenvalue weighted by molar-refractivity contribution is 0.102. The molecule has 0 saturated carbocycles. The van der Waals surface area contributed by atoms with E-state index in [1.165, 1.54) is 6.07 Å². The molecule has 0 radical (unpaired) electrons. The van der Waals surface area contributed by atoms with Crippen molar-refractivity contribution in [3.05, 3.63) is 76.0 Å². The highest BCUT2D eigenvalue weighted by atomic mass is 35.5. The van der Waals surface area contributed by atoms with Crippen molar-refractivity contribution in [2.24, 2.45) is 0 Å². The third-order valence-corrected chi connectivity index (χ3v) is 3.89. The molecule has 0 aliphatic carbocycles. The summed E-state index contributed by atoms with van der Waals surface area (Å²) in [6.07, 6.45) is 0.647. The van der Waals surface area contributed by atoms with E-state index < -0.39 is 0 Å². The molecule has 1 heterocycles. The summed E-state index contributed by atoms with van der Waals surface area (Å²) in [6, 6.07) is 15.0. The van der Waals surface area contributed by atoms with Gasteiger partial charge in [0.1, 0.15) is 5.76 Å². The molecule has 0 atom stereocenters. The van der Waals surface area contributed by atoms with Gasteiger partial charge in [0, 0.05) is 16.3 Å². The van der Waals surface area contributed by atoms with Gasteiger partial charge in [-0.25, -0.2) is 0 Å². The molecule has 3 rings (SSSR count). The van der Waals surface area contributed by atoms with E-state index in [2.05, 4.69) is 5.32 Å². The summed E-state index contributed by atoms with van der Waals surface area (Å²) in [5.41, 5.74) is 1.74. The zero-order chi connectivity index (χ0) is 17.1. The zero-order valence-electron chi connectivity index (χ0n) is 12.3. The summed E-state index contributed by atoms with van der Waals surface area (Å²) in [5.74, 6) is 0.515. The number of nitrogens with one attached hydrogen (secondary N) is 1. The Morgan fingerprint density at radius 1 is 1.00 bits per heavy atom. The van der Waals surface area contributed by atoms with Crippen molar-refractivity contribution in [2.45, 2.75) is 0 Å². The topological polar surface area (TPSA) is 59.3 Å². The van der Waals surface area contributed by atoms with Gasteiger partial charge in [0.25, 0.3) is 5.91 Å². The zero-order valence-corrected chi connectivity index (χ0v) is 13.8. The van der Waals surface area contributed by atoms with E-state index in [-0.39, 0.29) is 16.7 Å². The quantitative estimate of drug-likeness (QED) is 0.641. The predicted molar refractivity (Wildman–Crippen MR) is 93.9 cm³/mol. The second-order valence-electron chi connectivity index (χ2n) is 4.98. The molecule has 3 aromatic rings. The molecule has 1 N–H and O–H groups in total. The van der Waals surface area contributed by atoms with Gasteiger partial charge in [0.05, 0.1) is 10.6 Å². The van der Waals surface area contributed by atoms with Crippen molar-refractivity contribution in [2.75, 3.05) is 5.32 Å². The van der Waals surface area contributed by atoms with E-state index in [0.717, 1.165) is 5.56 Å². The number of carbonyl (C=O) groups excluding carboxylic acids is 2. The molecule has 0 bridgehead atoms. The standard InChI is InChI=1S/C18H11Cl2NO3/c19-12-3-7-15(16(20)9-12)18(23)21-13-4-1-11(2-5-13)17-8-6-14(10-22)24-17/h1-10H,(H,21,23). The van der Waals surface area contributed by atoms with Crippen molar-refractivity contribution in [3.8, 4) is 11.3 Å². The number of amides is 1. The first-order chi connectivity index (χ1) is 11.6. The Bertz CT molecular complexity index is 901. The first kappa shape index (κ1) is 16.3. The van der Waals surface area contributed by atoms with Crippen molar-refractivity contribution >= 4 is 41.1 Å². The molecule has 0 saturated heterocycles. The molecule has 2 aromatic carbocycles. The Balaban J connectivity index is 1.76. The molecule has 6 heteroatoms. The number of halogens is 2. The molecule has 120 valence electrons. The van der Waals surface area contributed by atoms with Crippen molar-refractivity contribution in [1.82, 2.24) is 0 Å². The summed E-state index contributed by atoms with van der Waals surface area (Å²) < 4.78 is 5.35. The number of hydrogen-bond acceptors (Lipinski definition) is 3. The monoisotopic (exact) mass is 359 g/mol. The van der Waals surface area contributed by atoms with E-state index in [9.17, 15) is 9.59 Å². The molecule has 0 spiro atoms. The van der Waals surface area contributed by atoms with Crippen molar-refractivity contribution in [1.29, 1.82) is 0 Å². The van der Waals surface area contributed by atoms with Crippen LogP contribution in [0, 0.1) is 0 Å². The predicted octanol–water partition coefficient (Wildman–Crippen LogP) is 5.32. The van der Waals surface area contributed by atoms with Gasteiger partial charge in [0.2, 0.25) is 0 Å². The molecular weight excluding hydrogens is 349 g/mol. The number of aldehydes is 1. The largest absolute Gasteiger partial charge is 0.453 e. The molecule has 1 amide bonds. The van der Waals surface area contributed by atoms with E-state index >= 15 is 0 Å². The van der Waals surface area contributed by atoms with Crippen LogP contribution in [0.15, 0.2) is 59.0 Å². The van der Waals surface area contributed by atoms with Crippen LogP contribution in [0.5, 0.6) is 0 Å². The van der Waals surface area contributed by atoms with Gasteiger partial charge in [0.15, 0.2) is 12.0 Å². The van der Waals surface area contributed by atoms with Gasteiger partial charge in [-0.15, -0.1) is 0 Å². The minimum Gasteiger partial charge on any atom is -0.453 e. The van der Waals surface area contributed by atoms with Crippen LogP contribution in [-0.2, 0) is 0 Å². The lowest BCUT2D eigenvalue weighted by Gasteiger charge is -2.07. The first-order valence-electron chi connectivity index (χ1n) is 6.98. The van der Waals surface area contributed by atoms with Crippen LogP contribution in [0.25, 0.3) is 11.3 Å². The highest BCUT2D eigenvalue weighted by molar-refractivity contribution is 6.37. The fourth-order valence-electron chi connectivity index (χ4n) is 2.16. The number of hydrogen-bond donors (Lipinski definition) is 1. The lowest BCUT2D eigenvalue weighted by atomic mass is 10.1. The highest BCUT2D eigenvalue weighted by Gasteiger charge is 2.11. The molecule has 1 aromatic heterocycles. The lowest BCUT2D eigenvalue weighted by Crippen LogP contribution is -2.12. The van der Waals surface area contributed by atoms with Gasteiger partial charge in [-0.05, 0) is 54.6 Å². The Labute approximate surface area is 148 Å². The third-order valence-electron chi connectivity index (χ3n) is 3.35. The summed E-state index contributed by atoms with van der Waals surface area (Å²) >= 11 is 11.8. The summed E-state index contributed by atoms with van der Waals surface area (Å²) in [5, 5.41) is 3.51.